The minimum atomic E-state index is -0.104. The molecule has 3 rings (SSSR count). The minimum Gasteiger partial charge on any atom is -0.352 e. The highest BCUT2D eigenvalue weighted by Gasteiger charge is 2.07. The third-order valence-corrected chi connectivity index (χ3v) is 4.42. The Bertz CT molecular complexity index is 787. The Morgan fingerprint density at radius 1 is 1.13 bits per heavy atom. The molecule has 2 heterocycles. The van der Waals surface area contributed by atoms with Gasteiger partial charge in [0.15, 0.2) is 0 Å². The van der Waals surface area contributed by atoms with Crippen molar-refractivity contribution in [2.45, 2.75) is 6.42 Å². The van der Waals surface area contributed by atoms with Crippen LogP contribution >= 0.6 is 22.9 Å². The van der Waals surface area contributed by atoms with Crippen molar-refractivity contribution in [2.75, 3.05) is 6.54 Å². The van der Waals surface area contributed by atoms with Crippen LogP contribution < -0.4 is 5.32 Å². The SMILES string of the molecule is O=C(NCCc1nc(-c2ccncc2)cs1)c1ccc(Cl)cc1. The predicted octanol–water partition coefficient (Wildman–Crippen LogP) is 3.83. The summed E-state index contributed by atoms with van der Waals surface area (Å²) in [7, 11) is 0. The van der Waals surface area contributed by atoms with Crippen molar-refractivity contribution in [1.82, 2.24) is 15.3 Å². The van der Waals surface area contributed by atoms with Crippen LogP contribution in [0.5, 0.6) is 0 Å². The molecule has 1 aromatic carbocycles. The molecule has 116 valence electrons. The van der Waals surface area contributed by atoms with Gasteiger partial charge in [0.1, 0.15) is 0 Å². The van der Waals surface area contributed by atoms with E-state index in [0.717, 1.165) is 16.3 Å². The van der Waals surface area contributed by atoms with Crippen molar-refractivity contribution < 1.29 is 4.79 Å². The maximum Gasteiger partial charge on any atom is 0.251 e. The van der Waals surface area contributed by atoms with Gasteiger partial charge in [0, 0.05) is 46.9 Å². The molecule has 1 N–H and O–H groups in total. The highest BCUT2D eigenvalue weighted by atomic mass is 35.5. The lowest BCUT2D eigenvalue weighted by Gasteiger charge is -2.04. The van der Waals surface area contributed by atoms with Crippen LogP contribution in [0.2, 0.25) is 5.02 Å². The molecule has 0 saturated carbocycles. The zero-order valence-corrected chi connectivity index (χ0v) is 13.8. The van der Waals surface area contributed by atoms with Gasteiger partial charge in [0.05, 0.1) is 10.7 Å². The molecule has 2 aromatic heterocycles. The highest BCUT2D eigenvalue weighted by molar-refractivity contribution is 7.09. The predicted molar refractivity (Wildman–Crippen MR) is 92.8 cm³/mol. The van der Waals surface area contributed by atoms with Crippen LogP contribution in [-0.4, -0.2) is 22.4 Å². The summed E-state index contributed by atoms with van der Waals surface area (Å²) in [6.45, 7) is 0.546. The summed E-state index contributed by atoms with van der Waals surface area (Å²) in [5, 5.41) is 6.52. The summed E-state index contributed by atoms with van der Waals surface area (Å²) >= 11 is 7.40. The first-order valence-corrected chi connectivity index (χ1v) is 8.37. The molecule has 23 heavy (non-hydrogen) atoms. The highest BCUT2D eigenvalue weighted by Crippen LogP contribution is 2.21. The number of nitrogens with zero attached hydrogens (tertiary/aromatic N) is 2. The van der Waals surface area contributed by atoms with E-state index in [2.05, 4.69) is 15.3 Å². The number of thiazole rings is 1. The number of aromatic nitrogens is 2. The zero-order chi connectivity index (χ0) is 16.1. The van der Waals surface area contributed by atoms with Crippen LogP contribution in [-0.2, 0) is 6.42 Å². The Morgan fingerprint density at radius 3 is 2.61 bits per heavy atom. The van der Waals surface area contributed by atoms with Crippen LogP contribution in [0.15, 0.2) is 54.2 Å². The second-order valence-corrected chi connectivity index (χ2v) is 6.25. The molecule has 0 aliphatic carbocycles. The first kappa shape index (κ1) is 15.6. The summed E-state index contributed by atoms with van der Waals surface area (Å²) in [6.07, 6.45) is 4.20. The first-order chi connectivity index (χ1) is 11.2. The molecule has 6 heteroatoms. The average molecular weight is 344 g/mol. The molecular formula is C17H14ClN3OS. The van der Waals surface area contributed by atoms with E-state index >= 15 is 0 Å². The number of benzene rings is 1. The van der Waals surface area contributed by atoms with Crippen molar-refractivity contribution >= 4 is 28.8 Å². The normalized spacial score (nSPS) is 10.5. The second-order valence-electron chi connectivity index (χ2n) is 4.88. The largest absolute Gasteiger partial charge is 0.352 e. The van der Waals surface area contributed by atoms with E-state index in [0.29, 0.717) is 23.6 Å². The molecule has 0 atom stereocenters. The van der Waals surface area contributed by atoms with Gasteiger partial charge in [-0.3, -0.25) is 9.78 Å². The van der Waals surface area contributed by atoms with E-state index in [1.165, 1.54) is 0 Å². The number of nitrogens with one attached hydrogen (secondary N) is 1. The van der Waals surface area contributed by atoms with Gasteiger partial charge < -0.3 is 5.32 Å². The molecule has 0 unspecified atom stereocenters. The summed E-state index contributed by atoms with van der Waals surface area (Å²) in [6, 6.07) is 10.7. The number of hydrogen-bond donors (Lipinski definition) is 1. The summed E-state index contributed by atoms with van der Waals surface area (Å²) in [4.78, 5) is 20.6. The lowest BCUT2D eigenvalue weighted by atomic mass is 10.2. The fraction of sp³-hybridized carbons (Fsp3) is 0.118. The maximum absolute atomic E-state index is 12.0. The lowest BCUT2D eigenvalue weighted by Crippen LogP contribution is -2.25. The van der Waals surface area contributed by atoms with Gasteiger partial charge in [-0.1, -0.05) is 11.6 Å². The van der Waals surface area contributed by atoms with E-state index in [-0.39, 0.29) is 5.91 Å². The van der Waals surface area contributed by atoms with Crippen molar-refractivity contribution in [3.8, 4) is 11.3 Å². The third-order valence-electron chi connectivity index (χ3n) is 3.26. The van der Waals surface area contributed by atoms with Crippen LogP contribution in [0.3, 0.4) is 0 Å². The van der Waals surface area contributed by atoms with Gasteiger partial charge in [-0.25, -0.2) is 4.98 Å². The number of halogens is 1. The van der Waals surface area contributed by atoms with Crippen LogP contribution in [0.4, 0.5) is 0 Å². The average Bonchev–Trinajstić information content (AvgIpc) is 3.05. The van der Waals surface area contributed by atoms with E-state index in [1.54, 1.807) is 48.0 Å². The molecule has 0 bridgehead atoms. The summed E-state index contributed by atoms with van der Waals surface area (Å²) < 4.78 is 0. The van der Waals surface area contributed by atoms with Crippen molar-refractivity contribution in [3.05, 3.63) is 69.8 Å². The molecule has 4 nitrogen and oxygen atoms in total. The third kappa shape index (κ3) is 4.15. The minimum absolute atomic E-state index is 0.104. The zero-order valence-electron chi connectivity index (χ0n) is 12.2. The van der Waals surface area contributed by atoms with Crippen molar-refractivity contribution in [2.24, 2.45) is 0 Å². The Balaban J connectivity index is 1.54. The number of pyridine rings is 1. The van der Waals surface area contributed by atoms with Gasteiger partial charge in [0.25, 0.3) is 5.91 Å². The fourth-order valence-corrected chi connectivity index (χ4v) is 3.00. The monoisotopic (exact) mass is 343 g/mol. The van der Waals surface area contributed by atoms with E-state index in [4.69, 9.17) is 11.6 Å². The van der Waals surface area contributed by atoms with E-state index in [1.807, 2.05) is 17.5 Å². The molecular weight excluding hydrogens is 330 g/mol. The number of rotatable bonds is 5. The van der Waals surface area contributed by atoms with E-state index in [9.17, 15) is 4.79 Å². The molecule has 1 amide bonds. The van der Waals surface area contributed by atoms with Crippen LogP contribution in [0.1, 0.15) is 15.4 Å². The Kier molecular flexibility index (Phi) is 5.00. The number of carbonyl (C=O) groups is 1. The lowest BCUT2D eigenvalue weighted by molar-refractivity contribution is 0.0954. The fourth-order valence-electron chi connectivity index (χ4n) is 2.07. The summed E-state index contributed by atoms with van der Waals surface area (Å²) in [5.74, 6) is -0.104. The molecule has 0 spiro atoms. The smallest absolute Gasteiger partial charge is 0.251 e. The van der Waals surface area contributed by atoms with Gasteiger partial charge >= 0.3 is 0 Å². The summed E-state index contributed by atoms with van der Waals surface area (Å²) in [5.41, 5.74) is 2.59. The molecule has 0 radical (unpaired) electrons. The first-order valence-electron chi connectivity index (χ1n) is 7.11. The van der Waals surface area contributed by atoms with Crippen LogP contribution in [0, 0.1) is 0 Å². The number of amides is 1. The number of hydrogen-bond acceptors (Lipinski definition) is 4. The van der Waals surface area contributed by atoms with Crippen molar-refractivity contribution in [3.63, 3.8) is 0 Å². The second kappa shape index (κ2) is 7.35. The van der Waals surface area contributed by atoms with Crippen molar-refractivity contribution in [1.29, 1.82) is 0 Å². The Hall–Kier alpha value is -2.24. The quantitative estimate of drug-likeness (QED) is 0.766. The standard InChI is InChI=1S/C17H14ClN3OS/c18-14-3-1-13(2-4-14)17(22)20-10-7-16-21-15(11-23-16)12-5-8-19-9-6-12/h1-6,8-9,11H,7,10H2,(H,20,22). The molecule has 0 fully saturated rings. The van der Waals surface area contributed by atoms with E-state index < -0.39 is 0 Å². The van der Waals surface area contributed by atoms with Gasteiger partial charge in [-0.05, 0) is 36.4 Å². The molecule has 0 saturated heterocycles. The van der Waals surface area contributed by atoms with Gasteiger partial charge in [0.2, 0.25) is 0 Å². The number of carbonyl (C=O) groups excluding carboxylic acids is 1. The molecule has 3 aromatic rings. The Labute approximate surface area is 143 Å². The maximum atomic E-state index is 12.0. The van der Waals surface area contributed by atoms with Gasteiger partial charge in [-0.15, -0.1) is 11.3 Å². The van der Waals surface area contributed by atoms with Crippen LogP contribution in [0.25, 0.3) is 11.3 Å². The van der Waals surface area contributed by atoms with Gasteiger partial charge in [-0.2, -0.15) is 0 Å². The topological polar surface area (TPSA) is 54.9 Å². The molecule has 0 aliphatic rings. The Morgan fingerprint density at radius 2 is 1.87 bits per heavy atom. The molecule has 0 aliphatic heterocycles.